The predicted octanol–water partition coefficient (Wildman–Crippen LogP) is 4.37. The normalized spacial score (nSPS) is 20.9. The Balaban J connectivity index is 2.14. The Morgan fingerprint density at radius 3 is 2.60 bits per heavy atom. The van der Waals surface area contributed by atoms with Crippen LogP contribution in [0.2, 0.25) is 0 Å². The van der Waals surface area contributed by atoms with E-state index in [1.165, 1.54) is 11.1 Å². The molecule has 0 bridgehead atoms. The Morgan fingerprint density at radius 2 is 2.00 bits per heavy atom. The molecule has 2 aromatic rings. The zero-order valence-electron chi connectivity index (χ0n) is 12.8. The maximum absolute atomic E-state index is 6.20. The van der Waals surface area contributed by atoms with Gasteiger partial charge in [0.25, 0.3) is 0 Å². The van der Waals surface area contributed by atoms with Crippen LogP contribution in [-0.4, -0.2) is 10.6 Å². The van der Waals surface area contributed by atoms with E-state index in [1.54, 1.807) is 0 Å². The summed E-state index contributed by atoms with van der Waals surface area (Å²) < 4.78 is 12.0. The van der Waals surface area contributed by atoms with Crippen molar-refractivity contribution in [1.82, 2.24) is 4.98 Å². The van der Waals surface area contributed by atoms with Gasteiger partial charge in [0, 0.05) is 17.5 Å². The Labute approximate surface area is 120 Å². The third-order valence-electron chi connectivity index (χ3n) is 4.36. The van der Waals surface area contributed by atoms with Crippen LogP contribution in [0, 0.1) is 20.8 Å². The van der Waals surface area contributed by atoms with Crippen LogP contribution in [0.1, 0.15) is 42.8 Å². The van der Waals surface area contributed by atoms with Crippen molar-refractivity contribution in [3.05, 3.63) is 34.7 Å². The molecule has 20 heavy (non-hydrogen) atoms. The molecule has 0 radical (unpaired) electrons. The van der Waals surface area contributed by atoms with Crippen molar-refractivity contribution in [2.75, 3.05) is 0 Å². The molecule has 0 aliphatic carbocycles. The molecular formula is C17H21NO2. The number of rotatable bonds is 2. The van der Waals surface area contributed by atoms with Crippen molar-refractivity contribution in [3.8, 4) is 17.2 Å². The molecule has 3 rings (SSSR count). The largest absolute Gasteiger partial charge is 0.487 e. The van der Waals surface area contributed by atoms with E-state index in [1.807, 2.05) is 13.8 Å². The summed E-state index contributed by atoms with van der Waals surface area (Å²) in [4.78, 5) is 4.54. The highest BCUT2D eigenvalue weighted by Crippen LogP contribution is 2.44. The molecule has 1 unspecified atom stereocenters. The van der Waals surface area contributed by atoms with Gasteiger partial charge < -0.3 is 9.15 Å². The van der Waals surface area contributed by atoms with Crippen molar-refractivity contribution in [1.29, 1.82) is 0 Å². The maximum Gasteiger partial charge on any atom is 0.226 e. The van der Waals surface area contributed by atoms with Crippen molar-refractivity contribution < 1.29 is 9.15 Å². The molecule has 0 fully saturated rings. The smallest absolute Gasteiger partial charge is 0.226 e. The van der Waals surface area contributed by atoms with E-state index in [-0.39, 0.29) is 5.60 Å². The molecule has 2 heterocycles. The van der Waals surface area contributed by atoms with Gasteiger partial charge >= 0.3 is 0 Å². The van der Waals surface area contributed by atoms with Crippen molar-refractivity contribution in [3.63, 3.8) is 0 Å². The summed E-state index contributed by atoms with van der Waals surface area (Å²) in [5, 5.41) is 0. The number of benzene rings is 1. The van der Waals surface area contributed by atoms with Crippen LogP contribution in [0.4, 0.5) is 0 Å². The van der Waals surface area contributed by atoms with Crippen LogP contribution in [0.3, 0.4) is 0 Å². The lowest BCUT2D eigenvalue weighted by atomic mass is 9.93. The molecule has 3 heteroatoms. The van der Waals surface area contributed by atoms with Gasteiger partial charge in [0.1, 0.15) is 17.1 Å². The molecule has 0 saturated heterocycles. The Bertz CT molecular complexity index is 652. The first-order valence-corrected chi connectivity index (χ1v) is 7.19. The highest BCUT2D eigenvalue weighted by atomic mass is 16.5. The summed E-state index contributed by atoms with van der Waals surface area (Å²) in [7, 11) is 0. The number of ether oxygens (including phenoxy) is 1. The van der Waals surface area contributed by atoms with E-state index in [0.717, 1.165) is 35.6 Å². The first-order valence-electron chi connectivity index (χ1n) is 7.19. The van der Waals surface area contributed by atoms with Gasteiger partial charge in [-0.3, -0.25) is 0 Å². The van der Waals surface area contributed by atoms with Crippen molar-refractivity contribution >= 4 is 0 Å². The van der Waals surface area contributed by atoms with Gasteiger partial charge in [0.2, 0.25) is 5.89 Å². The highest BCUT2D eigenvalue weighted by molar-refractivity contribution is 5.67. The fourth-order valence-corrected chi connectivity index (χ4v) is 2.70. The van der Waals surface area contributed by atoms with Crippen LogP contribution in [0.15, 0.2) is 16.5 Å². The number of oxazole rings is 1. The van der Waals surface area contributed by atoms with Gasteiger partial charge in [0.05, 0.1) is 5.69 Å². The van der Waals surface area contributed by atoms with Gasteiger partial charge in [0.15, 0.2) is 0 Å². The Hall–Kier alpha value is -1.77. The standard InChI is InChI=1S/C17H21NO2/c1-6-17(5)9-14-13(8-7-10(2)15(14)20-17)16-18-11(3)12(4)19-16/h7-8H,6,9H2,1-5H3. The molecule has 3 nitrogen and oxygen atoms in total. The quantitative estimate of drug-likeness (QED) is 0.813. The summed E-state index contributed by atoms with van der Waals surface area (Å²) in [6.45, 7) is 10.4. The predicted molar refractivity (Wildman–Crippen MR) is 79.2 cm³/mol. The van der Waals surface area contributed by atoms with E-state index in [2.05, 4.69) is 37.9 Å². The summed E-state index contributed by atoms with van der Waals surface area (Å²) >= 11 is 0. The topological polar surface area (TPSA) is 35.3 Å². The Morgan fingerprint density at radius 1 is 1.25 bits per heavy atom. The molecule has 0 N–H and O–H groups in total. The fourth-order valence-electron chi connectivity index (χ4n) is 2.70. The molecular weight excluding hydrogens is 250 g/mol. The molecule has 1 aliphatic heterocycles. The van der Waals surface area contributed by atoms with E-state index < -0.39 is 0 Å². The molecule has 1 aromatic heterocycles. The van der Waals surface area contributed by atoms with E-state index in [9.17, 15) is 0 Å². The van der Waals surface area contributed by atoms with Gasteiger partial charge in [-0.25, -0.2) is 4.98 Å². The summed E-state index contributed by atoms with van der Waals surface area (Å²) in [6.07, 6.45) is 1.90. The first kappa shape index (κ1) is 13.2. The number of aromatic nitrogens is 1. The number of nitrogens with zero attached hydrogens (tertiary/aromatic N) is 1. The SMILES string of the molecule is CCC1(C)Cc2c(-c3nc(C)c(C)o3)ccc(C)c2O1. The van der Waals surface area contributed by atoms with Crippen molar-refractivity contribution in [2.24, 2.45) is 0 Å². The number of hydrogen-bond acceptors (Lipinski definition) is 3. The van der Waals surface area contributed by atoms with Gasteiger partial charge in [-0.2, -0.15) is 0 Å². The van der Waals surface area contributed by atoms with Gasteiger partial charge in [-0.15, -0.1) is 0 Å². The summed E-state index contributed by atoms with van der Waals surface area (Å²) in [6, 6.07) is 4.19. The zero-order valence-corrected chi connectivity index (χ0v) is 12.8. The minimum Gasteiger partial charge on any atom is -0.487 e. The minimum atomic E-state index is -0.111. The Kier molecular flexibility index (Phi) is 2.89. The van der Waals surface area contributed by atoms with E-state index >= 15 is 0 Å². The van der Waals surface area contributed by atoms with E-state index in [4.69, 9.17) is 9.15 Å². The third kappa shape index (κ3) is 1.92. The second-order valence-corrected chi connectivity index (χ2v) is 5.98. The molecule has 0 saturated carbocycles. The molecule has 1 aliphatic rings. The van der Waals surface area contributed by atoms with Crippen LogP contribution >= 0.6 is 0 Å². The monoisotopic (exact) mass is 271 g/mol. The number of hydrogen-bond donors (Lipinski definition) is 0. The van der Waals surface area contributed by atoms with Crippen molar-refractivity contribution in [2.45, 2.75) is 53.1 Å². The lowest BCUT2D eigenvalue weighted by Gasteiger charge is -2.21. The summed E-state index contributed by atoms with van der Waals surface area (Å²) in [5.74, 6) is 2.60. The molecule has 106 valence electrons. The number of aryl methyl sites for hydroxylation is 3. The lowest BCUT2D eigenvalue weighted by Crippen LogP contribution is -2.28. The average molecular weight is 271 g/mol. The second-order valence-electron chi connectivity index (χ2n) is 5.98. The first-order chi connectivity index (χ1) is 9.43. The van der Waals surface area contributed by atoms with Gasteiger partial charge in [-0.05, 0) is 45.7 Å². The maximum atomic E-state index is 6.20. The molecule has 0 amide bonds. The van der Waals surface area contributed by atoms with Crippen LogP contribution in [0.25, 0.3) is 11.5 Å². The average Bonchev–Trinajstić information content (AvgIpc) is 2.93. The second kappa shape index (κ2) is 4.37. The van der Waals surface area contributed by atoms with Gasteiger partial charge in [-0.1, -0.05) is 13.0 Å². The van der Waals surface area contributed by atoms with Crippen LogP contribution in [-0.2, 0) is 6.42 Å². The minimum absolute atomic E-state index is 0.111. The van der Waals surface area contributed by atoms with Crippen LogP contribution < -0.4 is 4.74 Å². The number of fused-ring (bicyclic) bond motifs is 1. The third-order valence-corrected chi connectivity index (χ3v) is 4.36. The lowest BCUT2D eigenvalue weighted by molar-refractivity contribution is 0.111. The molecule has 1 atom stereocenters. The molecule has 0 spiro atoms. The molecule has 1 aromatic carbocycles. The van der Waals surface area contributed by atoms with E-state index in [0.29, 0.717) is 5.89 Å². The fraction of sp³-hybridized carbons (Fsp3) is 0.471. The van der Waals surface area contributed by atoms with Crippen LogP contribution in [0.5, 0.6) is 5.75 Å². The summed E-state index contributed by atoms with van der Waals surface area (Å²) in [5.41, 5.74) is 4.32. The zero-order chi connectivity index (χ0) is 14.5. The highest BCUT2D eigenvalue weighted by Gasteiger charge is 2.36.